The summed E-state index contributed by atoms with van der Waals surface area (Å²) in [6.07, 6.45) is 6.56. The van der Waals surface area contributed by atoms with Crippen molar-refractivity contribution in [2.24, 2.45) is 0 Å². The second kappa shape index (κ2) is 4.86. The van der Waals surface area contributed by atoms with Gasteiger partial charge in [0.1, 0.15) is 6.04 Å². The lowest BCUT2D eigenvalue weighted by Gasteiger charge is -2.42. The van der Waals surface area contributed by atoms with Crippen LogP contribution in [0.5, 0.6) is 0 Å². The van der Waals surface area contributed by atoms with Crippen LogP contribution < -0.4 is 0 Å². The summed E-state index contributed by atoms with van der Waals surface area (Å²) < 4.78 is 1.89. The molecule has 1 amide bonds. The first-order valence-electron chi connectivity index (χ1n) is 7.53. The fourth-order valence-corrected chi connectivity index (χ4v) is 3.32. The highest BCUT2D eigenvalue weighted by atomic mass is 16.7. The minimum absolute atomic E-state index is 0.0523. The molecule has 0 radical (unpaired) electrons. The van der Waals surface area contributed by atoms with Gasteiger partial charge in [0.15, 0.2) is 0 Å². The first kappa shape index (κ1) is 12.3. The predicted molar refractivity (Wildman–Crippen MR) is 71.6 cm³/mol. The molecule has 2 aliphatic heterocycles. The van der Waals surface area contributed by atoms with Crippen molar-refractivity contribution >= 4 is 5.91 Å². The lowest BCUT2D eigenvalue weighted by Crippen LogP contribution is -2.50. The monoisotopic (exact) mass is 276 g/mol. The van der Waals surface area contributed by atoms with Crippen molar-refractivity contribution in [2.45, 2.75) is 44.3 Å². The fourth-order valence-electron chi connectivity index (χ4n) is 3.32. The van der Waals surface area contributed by atoms with Gasteiger partial charge in [-0.25, -0.2) is 5.06 Å². The summed E-state index contributed by atoms with van der Waals surface area (Å²) in [5.41, 5.74) is 1.14. The Morgan fingerprint density at radius 3 is 2.95 bits per heavy atom. The number of carbonyl (C=O) groups excluding carboxylic acids is 1. The van der Waals surface area contributed by atoms with E-state index in [1.54, 1.807) is 6.20 Å². The number of nitrogens with zero attached hydrogens (tertiary/aromatic N) is 4. The Morgan fingerprint density at radius 2 is 2.25 bits per heavy atom. The third-order valence-electron chi connectivity index (χ3n) is 4.69. The molecular formula is C14H20N4O2. The Kier molecular flexibility index (Phi) is 3.00. The summed E-state index contributed by atoms with van der Waals surface area (Å²) in [5.74, 6) is 0.0523. The standard InChI is InChI=1S/C14H20N4O2/c19-14(17-7-2-8-20-17)13-10-16(11-3-1-4-11)9-12-5-6-15-18(12)13/h5-6,11,13H,1-4,7-10H2/t13-/m1/s1. The summed E-state index contributed by atoms with van der Waals surface area (Å²) in [6.45, 7) is 3.03. The minimum Gasteiger partial charge on any atom is -0.292 e. The molecule has 1 saturated heterocycles. The number of aromatic nitrogens is 2. The molecule has 6 heteroatoms. The highest BCUT2D eigenvalue weighted by molar-refractivity contribution is 5.80. The molecule has 0 aromatic carbocycles. The fraction of sp³-hybridized carbons (Fsp3) is 0.714. The van der Waals surface area contributed by atoms with Crippen LogP contribution in [0.15, 0.2) is 12.3 Å². The third-order valence-corrected chi connectivity index (χ3v) is 4.69. The van der Waals surface area contributed by atoms with E-state index in [9.17, 15) is 4.79 Å². The summed E-state index contributed by atoms with van der Waals surface area (Å²) in [6, 6.07) is 2.44. The minimum atomic E-state index is -0.229. The van der Waals surface area contributed by atoms with Crippen LogP contribution in [-0.4, -0.2) is 51.4 Å². The van der Waals surface area contributed by atoms with Crippen molar-refractivity contribution in [1.82, 2.24) is 19.7 Å². The maximum atomic E-state index is 12.6. The van der Waals surface area contributed by atoms with Crippen molar-refractivity contribution in [3.8, 4) is 0 Å². The van der Waals surface area contributed by atoms with Gasteiger partial charge >= 0.3 is 0 Å². The summed E-state index contributed by atoms with van der Waals surface area (Å²) in [5, 5.41) is 5.88. The van der Waals surface area contributed by atoms with Gasteiger partial charge in [-0.3, -0.25) is 19.2 Å². The number of hydroxylamine groups is 2. The van der Waals surface area contributed by atoms with E-state index in [2.05, 4.69) is 10.00 Å². The number of hydrogen-bond acceptors (Lipinski definition) is 4. The van der Waals surface area contributed by atoms with E-state index in [1.165, 1.54) is 24.3 Å². The van der Waals surface area contributed by atoms with E-state index in [0.717, 1.165) is 25.2 Å². The van der Waals surface area contributed by atoms with Crippen LogP contribution in [0.3, 0.4) is 0 Å². The molecule has 108 valence electrons. The molecule has 1 aromatic rings. The summed E-state index contributed by atoms with van der Waals surface area (Å²) in [7, 11) is 0. The highest BCUT2D eigenvalue weighted by Crippen LogP contribution is 2.31. The molecule has 3 aliphatic rings. The van der Waals surface area contributed by atoms with Crippen molar-refractivity contribution in [3.05, 3.63) is 18.0 Å². The van der Waals surface area contributed by atoms with Crippen LogP contribution in [0.1, 0.15) is 37.4 Å². The van der Waals surface area contributed by atoms with Gasteiger partial charge in [-0.2, -0.15) is 5.10 Å². The third kappa shape index (κ3) is 1.94. The van der Waals surface area contributed by atoms with E-state index < -0.39 is 0 Å². The van der Waals surface area contributed by atoms with Gasteiger partial charge in [0.05, 0.1) is 18.8 Å². The van der Waals surface area contributed by atoms with Gasteiger partial charge in [0, 0.05) is 25.3 Å². The number of hydrogen-bond donors (Lipinski definition) is 0. The molecule has 20 heavy (non-hydrogen) atoms. The zero-order chi connectivity index (χ0) is 13.5. The number of carbonyl (C=O) groups is 1. The SMILES string of the molecule is O=C([C@H]1CN(C2CCC2)Cc2ccnn21)N1CCCO1. The summed E-state index contributed by atoms with van der Waals surface area (Å²) >= 11 is 0. The molecule has 0 spiro atoms. The Balaban J connectivity index is 1.58. The molecule has 3 heterocycles. The largest absolute Gasteiger partial charge is 0.292 e. The quantitative estimate of drug-likeness (QED) is 0.807. The average molecular weight is 276 g/mol. The first-order chi connectivity index (χ1) is 9.83. The van der Waals surface area contributed by atoms with E-state index >= 15 is 0 Å². The highest BCUT2D eigenvalue weighted by Gasteiger charge is 2.38. The van der Waals surface area contributed by atoms with E-state index in [4.69, 9.17) is 4.84 Å². The molecule has 1 atom stereocenters. The molecule has 1 saturated carbocycles. The number of amides is 1. The summed E-state index contributed by atoms with van der Waals surface area (Å²) in [4.78, 5) is 20.5. The Morgan fingerprint density at radius 1 is 1.35 bits per heavy atom. The smallest absolute Gasteiger partial charge is 0.272 e. The van der Waals surface area contributed by atoms with Crippen molar-refractivity contribution in [1.29, 1.82) is 0 Å². The number of rotatable bonds is 2. The number of fused-ring (bicyclic) bond motifs is 1. The lowest BCUT2D eigenvalue weighted by atomic mass is 9.90. The van der Waals surface area contributed by atoms with Crippen LogP contribution in [0, 0.1) is 0 Å². The van der Waals surface area contributed by atoms with Crippen LogP contribution in [0.25, 0.3) is 0 Å². The maximum Gasteiger partial charge on any atom is 0.272 e. The Hall–Kier alpha value is -1.40. The zero-order valence-corrected chi connectivity index (χ0v) is 11.6. The molecule has 6 nitrogen and oxygen atoms in total. The zero-order valence-electron chi connectivity index (χ0n) is 11.6. The van der Waals surface area contributed by atoms with Crippen LogP contribution in [0.4, 0.5) is 0 Å². The van der Waals surface area contributed by atoms with Gasteiger partial charge < -0.3 is 0 Å². The molecule has 1 aromatic heterocycles. The van der Waals surface area contributed by atoms with E-state index in [1.807, 2.05) is 10.7 Å². The van der Waals surface area contributed by atoms with Crippen molar-refractivity contribution in [2.75, 3.05) is 19.7 Å². The molecule has 1 aliphatic carbocycles. The van der Waals surface area contributed by atoms with Gasteiger partial charge in [0.25, 0.3) is 5.91 Å². The van der Waals surface area contributed by atoms with Crippen molar-refractivity contribution in [3.63, 3.8) is 0 Å². The van der Waals surface area contributed by atoms with Gasteiger partial charge in [0.2, 0.25) is 0 Å². The van der Waals surface area contributed by atoms with E-state index in [0.29, 0.717) is 19.2 Å². The normalized spacial score (nSPS) is 27.4. The van der Waals surface area contributed by atoms with Crippen molar-refractivity contribution < 1.29 is 9.63 Å². The molecular weight excluding hydrogens is 256 g/mol. The van der Waals surface area contributed by atoms with Gasteiger partial charge in [-0.05, 0) is 25.3 Å². The maximum absolute atomic E-state index is 12.6. The van der Waals surface area contributed by atoms with Crippen LogP contribution in [-0.2, 0) is 16.2 Å². The molecule has 2 fully saturated rings. The second-order valence-corrected chi connectivity index (χ2v) is 5.92. The molecule has 4 rings (SSSR count). The van der Waals surface area contributed by atoms with Gasteiger partial charge in [-0.1, -0.05) is 6.42 Å². The van der Waals surface area contributed by atoms with E-state index in [-0.39, 0.29) is 11.9 Å². The average Bonchev–Trinajstić information content (AvgIpc) is 3.05. The molecule has 0 unspecified atom stereocenters. The van der Waals surface area contributed by atoms with Crippen LogP contribution in [0.2, 0.25) is 0 Å². The second-order valence-electron chi connectivity index (χ2n) is 5.92. The predicted octanol–water partition coefficient (Wildman–Crippen LogP) is 0.956. The first-order valence-corrected chi connectivity index (χ1v) is 7.53. The Labute approximate surface area is 118 Å². The van der Waals surface area contributed by atoms with Crippen LogP contribution >= 0.6 is 0 Å². The molecule has 0 N–H and O–H groups in total. The molecule has 0 bridgehead atoms. The lowest BCUT2D eigenvalue weighted by molar-refractivity contribution is -0.174. The van der Waals surface area contributed by atoms with Gasteiger partial charge in [-0.15, -0.1) is 0 Å². The topological polar surface area (TPSA) is 50.6 Å². The Bertz CT molecular complexity index is 505.